The third kappa shape index (κ3) is 4.32. The van der Waals surface area contributed by atoms with Crippen LogP contribution in [0.5, 0.6) is 0 Å². The van der Waals surface area contributed by atoms with Crippen LogP contribution in [0.4, 0.5) is 10.5 Å². The first-order valence-electron chi connectivity index (χ1n) is 8.59. The van der Waals surface area contributed by atoms with Crippen LogP contribution in [-0.2, 0) is 6.42 Å². The molecule has 0 spiro atoms. The number of aryl methyl sites for hydroxylation is 1. The Bertz CT molecular complexity index is 1040. The predicted octanol–water partition coefficient (Wildman–Crippen LogP) is 5.09. The van der Waals surface area contributed by atoms with Crippen molar-refractivity contribution >= 4 is 44.6 Å². The van der Waals surface area contributed by atoms with Gasteiger partial charge in [0.2, 0.25) is 0 Å². The molecule has 7 heteroatoms. The van der Waals surface area contributed by atoms with E-state index in [0.717, 1.165) is 38.9 Å². The molecule has 0 atom stereocenters. The number of carbonyl (C=O) groups is 1. The summed E-state index contributed by atoms with van der Waals surface area (Å²) in [4.78, 5) is 21.1. The van der Waals surface area contributed by atoms with Gasteiger partial charge < -0.3 is 10.6 Å². The summed E-state index contributed by atoms with van der Waals surface area (Å²) in [6, 6.07) is 15.5. The van der Waals surface area contributed by atoms with Crippen LogP contribution in [-0.4, -0.2) is 22.5 Å². The van der Waals surface area contributed by atoms with E-state index in [2.05, 4.69) is 26.7 Å². The molecule has 0 radical (unpaired) electrons. The van der Waals surface area contributed by atoms with Gasteiger partial charge in [-0.05, 0) is 31.2 Å². The summed E-state index contributed by atoms with van der Waals surface area (Å²) >= 11 is 3.29. The number of aromatic nitrogens is 2. The third-order valence-corrected chi connectivity index (χ3v) is 5.89. The molecule has 0 fully saturated rings. The van der Waals surface area contributed by atoms with Crippen LogP contribution in [0.3, 0.4) is 0 Å². The van der Waals surface area contributed by atoms with E-state index in [4.69, 9.17) is 0 Å². The molecule has 4 aromatic rings. The lowest BCUT2D eigenvalue weighted by atomic mass is 10.1. The smallest absolute Gasteiger partial charge is 0.319 e. The number of nitrogens with one attached hydrogen (secondary N) is 2. The van der Waals surface area contributed by atoms with Gasteiger partial charge >= 0.3 is 6.03 Å². The zero-order valence-corrected chi connectivity index (χ0v) is 16.4. The maximum Gasteiger partial charge on any atom is 0.319 e. The molecule has 0 aliphatic carbocycles. The van der Waals surface area contributed by atoms with Gasteiger partial charge in [-0.3, -0.25) is 0 Å². The van der Waals surface area contributed by atoms with Gasteiger partial charge in [0.15, 0.2) is 0 Å². The van der Waals surface area contributed by atoms with Gasteiger partial charge in [-0.2, -0.15) is 0 Å². The molecule has 0 aliphatic rings. The van der Waals surface area contributed by atoms with E-state index in [-0.39, 0.29) is 6.03 Å². The molecule has 0 bridgehead atoms. The lowest BCUT2D eigenvalue weighted by molar-refractivity contribution is 0.252. The van der Waals surface area contributed by atoms with Crippen molar-refractivity contribution in [1.82, 2.24) is 15.3 Å². The van der Waals surface area contributed by atoms with Crippen LogP contribution in [0.1, 0.15) is 10.0 Å². The standard InChI is InChI=1S/C20H18N4OS2/c1-13-22-17(12-26-13)14-6-8-15(9-7-14)23-20(25)21-11-10-19-24-16-4-2-3-5-18(16)27-19/h2-9,12H,10-11H2,1H3,(H2,21,23,25). The van der Waals surface area contributed by atoms with Crippen LogP contribution in [0, 0.1) is 6.92 Å². The average Bonchev–Trinajstić information content (AvgIpc) is 3.28. The maximum atomic E-state index is 12.1. The molecule has 0 unspecified atom stereocenters. The van der Waals surface area contributed by atoms with Crippen molar-refractivity contribution < 1.29 is 4.79 Å². The molecular weight excluding hydrogens is 376 g/mol. The van der Waals surface area contributed by atoms with Crippen molar-refractivity contribution in [2.24, 2.45) is 0 Å². The second-order valence-electron chi connectivity index (χ2n) is 6.04. The van der Waals surface area contributed by atoms with Crippen LogP contribution in [0.25, 0.3) is 21.5 Å². The Hall–Kier alpha value is -2.77. The Labute approximate surface area is 165 Å². The number of anilines is 1. The molecule has 5 nitrogen and oxygen atoms in total. The monoisotopic (exact) mass is 394 g/mol. The minimum Gasteiger partial charge on any atom is -0.337 e. The highest BCUT2D eigenvalue weighted by Crippen LogP contribution is 2.23. The van der Waals surface area contributed by atoms with E-state index in [1.54, 1.807) is 22.7 Å². The topological polar surface area (TPSA) is 66.9 Å². The van der Waals surface area contributed by atoms with Crippen molar-refractivity contribution in [2.45, 2.75) is 13.3 Å². The summed E-state index contributed by atoms with van der Waals surface area (Å²) < 4.78 is 1.17. The number of benzene rings is 2. The molecule has 2 amide bonds. The Morgan fingerprint density at radius 2 is 1.89 bits per heavy atom. The van der Waals surface area contributed by atoms with E-state index in [1.807, 2.05) is 54.8 Å². The summed E-state index contributed by atoms with van der Waals surface area (Å²) in [6.07, 6.45) is 0.717. The number of thiazole rings is 2. The van der Waals surface area contributed by atoms with Crippen LogP contribution < -0.4 is 10.6 Å². The van der Waals surface area contributed by atoms with Gasteiger partial charge in [0.25, 0.3) is 0 Å². The molecule has 2 N–H and O–H groups in total. The molecular formula is C20H18N4OS2. The molecule has 2 aromatic carbocycles. The normalized spacial score (nSPS) is 10.9. The third-order valence-electron chi connectivity index (χ3n) is 4.02. The first-order chi connectivity index (χ1) is 13.2. The zero-order valence-electron chi connectivity index (χ0n) is 14.7. The number of para-hydroxylation sites is 1. The maximum absolute atomic E-state index is 12.1. The minimum atomic E-state index is -0.214. The van der Waals surface area contributed by atoms with Crippen molar-refractivity contribution in [2.75, 3.05) is 11.9 Å². The molecule has 136 valence electrons. The first-order valence-corrected chi connectivity index (χ1v) is 10.3. The molecule has 27 heavy (non-hydrogen) atoms. The average molecular weight is 395 g/mol. The van der Waals surface area contributed by atoms with E-state index in [1.165, 1.54) is 4.70 Å². The van der Waals surface area contributed by atoms with E-state index >= 15 is 0 Å². The minimum absolute atomic E-state index is 0.214. The molecule has 2 aromatic heterocycles. The van der Waals surface area contributed by atoms with Gasteiger partial charge in [-0.25, -0.2) is 14.8 Å². The molecule has 0 saturated heterocycles. The number of nitrogens with zero attached hydrogens (tertiary/aromatic N) is 2. The predicted molar refractivity (Wildman–Crippen MR) is 113 cm³/mol. The summed E-state index contributed by atoms with van der Waals surface area (Å²) in [6.45, 7) is 2.53. The first kappa shape index (κ1) is 17.6. The number of carbonyl (C=O) groups excluding carboxylic acids is 1. The van der Waals surface area contributed by atoms with Gasteiger partial charge in [0.05, 0.1) is 25.9 Å². The van der Waals surface area contributed by atoms with Gasteiger partial charge in [0.1, 0.15) is 0 Å². The fourth-order valence-corrected chi connectivity index (χ4v) is 4.29. The highest BCUT2D eigenvalue weighted by atomic mass is 32.1. The number of hydrogen-bond acceptors (Lipinski definition) is 5. The van der Waals surface area contributed by atoms with Crippen molar-refractivity contribution in [3.63, 3.8) is 0 Å². The molecule has 0 saturated carbocycles. The summed E-state index contributed by atoms with van der Waals surface area (Å²) in [7, 11) is 0. The number of fused-ring (bicyclic) bond motifs is 1. The summed E-state index contributed by atoms with van der Waals surface area (Å²) in [5, 5.41) is 9.84. The van der Waals surface area contributed by atoms with Crippen LogP contribution in [0.2, 0.25) is 0 Å². The number of hydrogen-bond donors (Lipinski definition) is 2. The number of rotatable bonds is 5. The Kier molecular flexibility index (Phi) is 5.13. The Morgan fingerprint density at radius 1 is 1.07 bits per heavy atom. The fourth-order valence-electron chi connectivity index (χ4n) is 2.71. The highest BCUT2D eigenvalue weighted by molar-refractivity contribution is 7.18. The fraction of sp³-hybridized carbons (Fsp3) is 0.150. The van der Waals surface area contributed by atoms with E-state index in [0.29, 0.717) is 6.54 Å². The van der Waals surface area contributed by atoms with Crippen molar-refractivity contribution in [3.8, 4) is 11.3 Å². The van der Waals surface area contributed by atoms with Crippen LogP contribution in [0.15, 0.2) is 53.9 Å². The van der Waals surface area contributed by atoms with Gasteiger partial charge in [-0.15, -0.1) is 22.7 Å². The quantitative estimate of drug-likeness (QED) is 0.495. The van der Waals surface area contributed by atoms with Gasteiger partial charge in [0, 0.05) is 29.6 Å². The summed E-state index contributed by atoms with van der Waals surface area (Å²) in [5.41, 5.74) is 3.77. The lowest BCUT2D eigenvalue weighted by Crippen LogP contribution is -2.30. The van der Waals surface area contributed by atoms with Crippen molar-refractivity contribution in [3.05, 3.63) is 63.9 Å². The largest absolute Gasteiger partial charge is 0.337 e. The van der Waals surface area contributed by atoms with E-state index < -0.39 is 0 Å². The highest BCUT2D eigenvalue weighted by Gasteiger charge is 2.06. The molecule has 2 heterocycles. The summed E-state index contributed by atoms with van der Waals surface area (Å²) in [5.74, 6) is 0. The molecule has 0 aliphatic heterocycles. The molecule has 4 rings (SSSR count). The van der Waals surface area contributed by atoms with Crippen molar-refractivity contribution in [1.29, 1.82) is 0 Å². The second kappa shape index (κ2) is 7.85. The Morgan fingerprint density at radius 3 is 2.63 bits per heavy atom. The van der Waals surface area contributed by atoms with E-state index in [9.17, 15) is 4.79 Å². The number of amides is 2. The second-order valence-corrected chi connectivity index (χ2v) is 8.21. The lowest BCUT2D eigenvalue weighted by Gasteiger charge is -2.07. The number of urea groups is 1. The SMILES string of the molecule is Cc1nc(-c2ccc(NC(=O)NCCc3nc4ccccc4s3)cc2)cs1. The van der Waals surface area contributed by atoms with Crippen LogP contribution >= 0.6 is 22.7 Å². The van der Waals surface area contributed by atoms with Gasteiger partial charge in [-0.1, -0.05) is 24.3 Å². The Balaban J connectivity index is 1.28. The zero-order chi connectivity index (χ0) is 18.6.